The fourth-order valence-corrected chi connectivity index (χ4v) is 3.31. The summed E-state index contributed by atoms with van der Waals surface area (Å²) >= 11 is 10.1. The van der Waals surface area contributed by atoms with E-state index in [9.17, 15) is 0 Å². The molecule has 1 N–H and O–H groups in total. The van der Waals surface area contributed by atoms with Crippen LogP contribution in [0.15, 0.2) is 53.4 Å². The average molecular weight is 348 g/mol. The normalized spacial score (nSPS) is 17.3. The summed E-state index contributed by atoms with van der Waals surface area (Å²) in [6, 6.07) is 16.4. The van der Waals surface area contributed by atoms with Gasteiger partial charge in [0.25, 0.3) is 0 Å². The zero-order valence-electron chi connectivity index (χ0n) is 13.8. The molecule has 1 aliphatic heterocycles. The molecule has 1 unspecified atom stereocenters. The Morgan fingerprint density at radius 1 is 1.13 bits per heavy atom. The summed E-state index contributed by atoms with van der Waals surface area (Å²) in [4.78, 5) is 1.10. The van der Waals surface area contributed by atoms with Crippen molar-refractivity contribution in [1.29, 1.82) is 0 Å². The maximum Gasteiger partial charge on any atom is 0.0406 e. The molecule has 0 spiro atoms. The Morgan fingerprint density at radius 2 is 1.87 bits per heavy atom. The first-order chi connectivity index (χ1) is 11.2. The Hall–Kier alpha value is -0.960. The molecular weight excluding hydrogens is 322 g/mol. The molecule has 0 radical (unpaired) electrons. The van der Waals surface area contributed by atoms with Crippen molar-refractivity contribution in [2.45, 2.75) is 37.5 Å². The molecule has 0 bridgehead atoms. The summed E-state index contributed by atoms with van der Waals surface area (Å²) in [5.41, 5.74) is 2.73. The van der Waals surface area contributed by atoms with Gasteiger partial charge in [-0.1, -0.05) is 48.9 Å². The number of aryl methyl sites for hydroxylation is 1. The van der Waals surface area contributed by atoms with Crippen molar-refractivity contribution >= 4 is 24.2 Å². The Bertz CT molecular complexity index is 576. The quantitative estimate of drug-likeness (QED) is 0.706. The van der Waals surface area contributed by atoms with Gasteiger partial charge in [-0.15, -0.1) is 12.6 Å². The molecule has 1 aliphatic rings. The first-order valence-electron chi connectivity index (χ1n) is 8.41. The summed E-state index contributed by atoms with van der Waals surface area (Å²) in [6.45, 7) is 4.49. The molecule has 3 heteroatoms. The van der Waals surface area contributed by atoms with E-state index >= 15 is 0 Å². The minimum atomic E-state index is 0.810. The van der Waals surface area contributed by atoms with Crippen LogP contribution in [0, 0.1) is 5.92 Å². The molecule has 1 saturated heterocycles. The Balaban J connectivity index is 0.000000185. The number of hydrogen-bond donors (Lipinski definition) is 2. The second-order valence-corrected chi connectivity index (χ2v) is 6.94. The van der Waals surface area contributed by atoms with E-state index < -0.39 is 0 Å². The van der Waals surface area contributed by atoms with Crippen LogP contribution in [-0.4, -0.2) is 13.1 Å². The van der Waals surface area contributed by atoms with Gasteiger partial charge >= 0.3 is 0 Å². The molecule has 0 aromatic heterocycles. The van der Waals surface area contributed by atoms with E-state index in [1.54, 1.807) is 0 Å². The zero-order chi connectivity index (χ0) is 16.5. The lowest BCUT2D eigenvalue weighted by atomic mass is 9.92. The number of nitrogens with one attached hydrogen (secondary N) is 1. The Kier molecular flexibility index (Phi) is 8.01. The molecule has 124 valence electrons. The van der Waals surface area contributed by atoms with E-state index in [-0.39, 0.29) is 0 Å². The third kappa shape index (κ3) is 6.58. The molecule has 2 aromatic rings. The standard InChI is InChI=1S/C12H16ClN.C8H10S/c13-12-5-3-10(4-6-12)8-11-2-1-7-14-9-11;1-2-7-5-3-4-6-8(7)9/h3-6,11,14H,1-2,7-9H2;3-6,9H,2H2,1H3. The van der Waals surface area contributed by atoms with Crippen LogP contribution in [0.5, 0.6) is 0 Å². The monoisotopic (exact) mass is 347 g/mol. The van der Waals surface area contributed by atoms with Crippen molar-refractivity contribution in [2.24, 2.45) is 5.92 Å². The van der Waals surface area contributed by atoms with Gasteiger partial charge in [0, 0.05) is 9.92 Å². The minimum Gasteiger partial charge on any atom is -0.316 e. The van der Waals surface area contributed by atoms with Crippen LogP contribution in [0.25, 0.3) is 0 Å². The largest absolute Gasteiger partial charge is 0.316 e. The molecule has 0 aliphatic carbocycles. The van der Waals surface area contributed by atoms with Gasteiger partial charge in [-0.3, -0.25) is 0 Å². The summed E-state index contributed by atoms with van der Waals surface area (Å²) in [5, 5.41) is 4.27. The lowest BCUT2D eigenvalue weighted by Crippen LogP contribution is -2.30. The van der Waals surface area contributed by atoms with Crippen molar-refractivity contribution in [2.75, 3.05) is 13.1 Å². The van der Waals surface area contributed by atoms with Gasteiger partial charge in [-0.2, -0.15) is 0 Å². The van der Waals surface area contributed by atoms with Crippen LogP contribution in [0.1, 0.15) is 30.9 Å². The van der Waals surface area contributed by atoms with E-state index in [0.29, 0.717) is 0 Å². The van der Waals surface area contributed by atoms with Crippen LogP contribution in [0.4, 0.5) is 0 Å². The molecule has 1 heterocycles. The van der Waals surface area contributed by atoms with Crippen molar-refractivity contribution in [3.05, 3.63) is 64.7 Å². The molecule has 1 atom stereocenters. The van der Waals surface area contributed by atoms with Gasteiger partial charge in [0.2, 0.25) is 0 Å². The molecule has 0 amide bonds. The van der Waals surface area contributed by atoms with Gasteiger partial charge in [0.1, 0.15) is 0 Å². The number of rotatable bonds is 3. The van der Waals surface area contributed by atoms with E-state index in [0.717, 1.165) is 22.3 Å². The summed E-state index contributed by atoms with van der Waals surface area (Å²) in [6.07, 6.45) is 4.93. The summed E-state index contributed by atoms with van der Waals surface area (Å²) < 4.78 is 0. The molecular formula is C20H26ClNS. The molecule has 1 fully saturated rings. The van der Waals surface area contributed by atoms with Crippen molar-refractivity contribution in [3.63, 3.8) is 0 Å². The fraction of sp³-hybridized carbons (Fsp3) is 0.400. The van der Waals surface area contributed by atoms with E-state index in [1.165, 1.54) is 43.5 Å². The smallest absolute Gasteiger partial charge is 0.0406 e. The third-order valence-electron chi connectivity index (χ3n) is 4.21. The summed E-state index contributed by atoms with van der Waals surface area (Å²) in [5.74, 6) is 0.810. The van der Waals surface area contributed by atoms with E-state index in [2.05, 4.69) is 43.1 Å². The minimum absolute atomic E-state index is 0.810. The number of halogens is 1. The van der Waals surface area contributed by atoms with Crippen molar-refractivity contribution in [1.82, 2.24) is 5.32 Å². The highest BCUT2D eigenvalue weighted by atomic mass is 35.5. The lowest BCUT2D eigenvalue weighted by molar-refractivity contribution is 0.376. The van der Waals surface area contributed by atoms with Gasteiger partial charge in [-0.05, 0) is 74.0 Å². The van der Waals surface area contributed by atoms with Gasteiger partial charge in [-0.25, -0.2) is 0 Å². The molecule has 0 saturated carbocycles. The molecule has 2 aromatic carbocycles. The molecule has 1 nitrogen and oxygen atoms in total. The van der Waals surface area contributed by atoms with Crippen LogP contribution >= 0.6 is 24.2 Å². The highest BCUT2D eigenvalue weighted by molar-refractivity contribution is 7.80. The van der Waals surface area contributed by atoms with E-state index in [1.807, 2.05) is 30.3 Å². The van der Waals surface area contributed by atoms with Gasteiger partial charge < -0.3 is 5.32 Å². The Labute approximate surface area is 150 Å². The number of piperidine rings is 1. The van der Waals surface area contributed by atoms with Crippen LogP contribution in [0.3, 0.4) is 0 Å². The topological polar surface area (TPSA) is 12.0 Å². The average Bonchev–Trinajstić information content (AvgIpc) is 2.59. The number of benzene rings is 2. The van der Waals surface area contributed by atoms with Crippen LogP contribution < -0.4 is 5.32 Å². The van der Waals surface area contributed by atoms with Crippen molar-refractivity contribution in [3.8, 4) is 0 Å². The Morgan fingerprint density at radius 3 is 2.43 bits per heavy atom. The zero-order valence-corrected chi connectivity index (χ0v) is 15.4. The van der Waals surface area contributed by atoms with Crippen LogP contribution in [0.2, 0.25) is 5.02 Å². The highest BCUT2D eigenvalue weighted by Gasteiger charge is 2.12. The predicted molar refractivity (Wildman–Crippen MR) is 104 cm³/mol. The first kappa shape index (κ1) is 18.4. The first-order valence-corrected chi connectivity index (χ1v) is 9.23. The third-order valence-corrected chi connectivity index (χ3v) is 4.90. The molecule has 3 rings (SSSR count). The SMILES string of the molecule is CCc1ccccc1S.Clc1ccc(CC2CCCNC2)cc1. The predicted octanol–water partition coefficient (Wildman–Crippen LogP) is 5.42. The van der Waals surface area contributed by atoms with Crippen LogP contribution in [-0.2, 0) is 12.8 Å². The van der Waals surface area contributed by atoms with Gasteiger partial charge in [0.05, 0.1) is 0 Å². The number of thiol groups is 1. The molecule has 23 heavy (non-hydrogen) atoms. The van der Waals surface area contributed by atoms with E-state index in [4.69, 9.17) is 11.6 Å². The van der Waals surface area contributed by atoms with Gasteiger partial charge in [0.15, 0.2) is 0 Å². The highest BCUT2D eigenvalue weighted by Crippen LogP contribution is 2.18. The second-order valence-electron chi connectivity index (χ2n) is 6.03. The maximum atomic E-state index is 5.84. The lowest BCUT2D eigenvalue weighted by Gasteiger charge is -2.22. The number of hydrogen-bond acceptors (Lipinski definition) is 2. The fourth-order valence-electron chi connectivity index (χ4n) is 2.86. The van der Waals surface area contributed by atoms with Crippen molar-refractivity contribution < 1.29 is 0 Å². The summed E-state index contributed by atoms with van der Waals surface area (Å²) in [7, 11) is 0. The maximum absolute atomic E-state index is 5.84. The second kappa shape index (κ2) is 10.0.